The van der Waals surface area contributed by atoms with Crippen molar-refractivity contribution in [1.82, 2.24) is 0 Å². The molecule has 21 heavy (non-hydrogen) atoms. The fourth-order valence-corrected chi connectivity index (χ4v) is 1.88. The first-order chi connectivity index (χ1) is 9.94. The average molecular weight is 304 g/mol. The van der Waals surface area contributed by atoms with Crippen LogP contribution in [-0.2, 0) is 9.47 Å². The van der Waals surface area contributed by atoms with Crippen LogP contribution >= 0.6 is 0 Å². The third-order valence-electron chi connectivity index (χ3n) is 2.86. The predicted molar refractivity (Wildman–Crippen MR) is 70.5 cm³/mol. The number of ether oxygens (including phenoxy) is 2. The van der Waals surface area contributed by atoms with Gasteiger partial charge >= 0.3 is 12.3 Å². The number of halogens is 3. The van der Waals surface area contributed by atoms with Crippen LogP contribution in [0.3, 0.4) is 0 Å². The summed E-state index contributed by atoms with van der Waals surface area (Å²) < 4.78 is 45.0. The van der Waals surface area contributed by atoms with Crippen LogP contribution in [-0.4, -0.2) is 45.2 Å². The largest absolute Gasteiger partial charge is 0.440 e. The number of benzene rings is 1. The van der Waals surface area contributed by atoms with Gasteiger partial charge < -0.3 is 14.4 Å². The number of morpholine rings is 1. The number of carbonyl (C=O) groups is 1. The molecule has 1 aliphatic rings. The molecule has 0 aliphatic carbocycles. The monoisotopic (exact) mass is 304 g/mol. The van der Waals surface area contributed by atoms with Gasteiger partial charge in [0.2, 0.25) is 0 Å². The lowest BCUT2D eigenvalue weighted by Crippen LogP contribution is -2.36. The highest BCUT2D eigenvalue weighted by Gasteiger charge is 2.29. The predicted octanol–water partition coefficient (Wildman–Crippen LogP) is 2.63. The molecule has 0 unspecified atom stereocenters. The molecular weight excluding hydrogens is 289 g/mol. The molecule has 1 fully saturated rings. The topological polar surface area (TPSA) is 50.8 Å². The van der Waals surface area contributed by atoms with Crippen LogP contribution in [0.4, 0.5) is 29.3 Å². The maximum Gasteiger partial charge on any atom is 0.422 e. The van der Waals surface area contributed by atoms with Crippen LogP contribution in [0.15, 0.2) is 24.3 Å². The average Bonchev–Trinajstić information content (AvgIpc) is 2.46. The number of anilines is 2. The van der Waals surface area contributed by atoms with Gasteiger partial charge in [-0.3, -0.25) is 5.32 Å². The van der Waals surface area contributed by atoms with Crippen molar-refractivity contribution in [2.75, 3.05) is 43.1 Å². The number of nitrogens with zero attached hydrogens (tertiary/aromatic N) is 1. The number of alkyl halides is 3. The fraction of sp³-hybridized carbons (Fsp3) is 0.462. The Morgan fingerprint density at radius 2 is 1.86 bits per heavy atom. The molecule has 1 amide bonds. The summed E-state index contributed by atoms with van der Waals surface area (Å²) in [7, 11) is 0. The maximum absolute atomic E-state index is 11.9. The lowest BCUT2D eigenvalue weighted by molar-refractivity contribution is -0.159. The van der Waals surface area contributed by atoms with Crippen LogP contribution in [0.25, 0.3) is 0 Å². The van der Waals surface area contributed by atoms with Gasteiger partial charge in [0.25, 0.3) is 0 Å². The van der Waals surface area contributed by atoms with E-state index in [-0.39, 0.29) is 0 Å². The van der Waals surface area contributed by atoms with Crippen LogP contribution in [0.1, 0.15) is 0 Å². The van der Waals surface area contributed by atoms with Crippen molar-refractivity contribution in [3.8, 4) is 0 Å². The molecule has 1 heterocycles. The van der Waals surface area contributed by atoms with Crippen molar-refractivity contribution in [2.45, 2.75) is 6.18 Å². The zero-order chi connectivity index (χ0) is 15.3. The molecule has 2 rings (SSSR count). The Kier molecular flexibility index (Phi) is 4.89. The normalized spacial score (nSPS) is 15.7. The molecule has 0 atom stereocenters. The van der Waals surface area contributed by atoms with Gasteiger partial charge in [0.15, 0.2) is 6.61 Å². The van der Waals surface area contributed by atoms with Gasteiger partial charge in [0.1, 0.15) is 0 Å². The lowest BCUT2D eigenvalue weighted by atomic mass is 10.2. The summed E-state index contributed by atoms with van der Waals surface area (Å²) in [5.41, 5.74) is 1.34. The van der Waals surface area contributed by atoms with E-state index in [1.54, 1.807) is 24.3 Å². The van der Waals surface area contributed by atoms with Crippen molar-refractivity contribution in [3.05, 3.63) is 24.3 Å². The van der Waals surface area contributed by atoms with Crippen molar-refractivity contribution in [3.63, 3.8) is 0 Å². The second kappa shape index (κ2) is 6.66. The highest BCUT2D eigenvalue weighted by atomic mass is 19.4. The van der Waals surface area contributed by atoms with E-state index in [1.165, 1.54) is 0 Å². The van der Waals surface area contributed by atoms with Gasteiger partial charge in [0.05, 0.1) is 13.2 Å². The minimum Gasteiger partial charge on any atom is -0.440 e. The molecule has 8 heteroatoms. The SMILES string of the molecule is O=C(Nc1ccc(N2CCOCC2)cc1)OCC(F)(F)F. The van der Waals surface area contributed by atoms with Gasteiger partial charge in [0, 0.05) is 24.5 Å². The zero-order valence-electron chi connectivity index (χ0n) is 11.2. The summed E-state index contributed by atoms with van der Waals surface area (Å²) in [5, 5.41) is 2.24. The first-order valence-electron chi connectivity index (χ1n) is 6.37. The number of amides is 1. The van der Waals surface area contributed by atoms with Crippen LogP contribution < -0.4 is 10.2 Å². The third kappa shape index (κ3) is 5.14. The maximum atomic E-state index is 11.9. The zero-order valence-corrected chi connectivity index (χ0v) is 11.2. The van der Waals surface area contributed by atoms with Gasteiger partial charge in [-0.2, -0.15) is 13.2 Å². The van der Waals surface area contributed by atoms with Crippen molar-refractivity contribution >= 4 is 17.5 Å². The van der Waals surface area contributed by atoms with Gasteiger partial charge in [-0.1, -0.05) is 0 Å². The molecule has 1 aliphatic heterocycles. The van der Waals surface area contributed by atoms with Crippen LogP contribution in [0.2, 0.25) is 0 Å². The lowest BCUT2D eigenvalue weighted by Gasteiger charge is -2.28. The molecule has 5 nitrogen and oxygen atoms in total. The van der Waals surface area contributed by atoms with Gasteiger partial charge in [-0.15, -0.1) is 0 Å². The molecular formula is C13H15F3N2O3. The Bertz CT molecular complexity index is 471. The molecule has 0 saturated carbocycles. The molecule has 0 bridgehead atoms. The van der Waals surface area contributed by atoms with E-state index in [4.69, 9.17) is 4.74 Å². The molecule has 1 N–H and O–H groups in total. The molecule has 0 aromatic heterocycles. The minimum atomic E-state index is -4.53. The summed E-state index contributed by atoms with van der Waals surface area (Å²) in [6.07, 6.45) is -5.66. The highest BCUT2D eigenvalue weighted by Crippen LogP contribution is 2.19. The molecule has 1 aromatic rings. The number of nitrogens with one attached hydrogen (secondary N) is 1. The number of rotatable bonds is 3. The summed E-state index contributed by atoms with van der Waals surface area (Å²) >= 11 is 0. The van der Waals surface area contributed by atoms with E-state index in [1.807, 2.05) is 0 Å². The first-order valence-corrected chi connectivity index (χ1v) is 6.37. The Balaban J connectivity index is 1.85. The van der Waals surface area contributed by atoms with E-state index in [0.29, 0.717) is 18.9 Å². The van der Waals surface area contributed by atoms with Gasteiger partial charge in [-0.05, 0) is 24.3 Å². The Labute approximate surface area is 119 Å². The fourth-order valence-electron chi connectivity index (χ4n) is 1.88. The van der Waals surface area contributed by atoms with Crippen LogP contribution in [0, 0.1) is 0 Å². The second-order valence-corrected chi connectivity index (χ2v) is 4.46. The summed E-state index contributed by atoms with van der Waals surface area (Å²) in [4.78, 5) is 13.3. The Morgan fingerprint density at radius 3 is 2.43 bits per heavy atom. The number of carbonyl (C=O) groups excluding carboxylic acids is 1. The van der Waals surface area contributed by atoms with E-state index < -0.39 is 18.9 Å². The van der Waals surface area contributed by atoms with E-state index in [0.717, 1.165) is 18.8 Å². The van der Waals surface area contributed by atoms with Crippen molar-refractivity contribution in [2.24, 2.45) is 0 Å². The molecule has 1 saturated heterocycles. The van der Waals surface area contributed by atoms with E-state index in [9.17, 15) is 18.0 Å². The quantitative estimate of drug-likeness (QED) is 0.932. The standard InChI is InChI=1S/C13H15F3N2O3/c14-13(15,16)9-21-12(19)17-10-1-3-11(4-2-10)18-5-7-20-8-6-18/h1-4H,5-9H2,(H,17,19). The van der Waals surface area contributed by atoms with Crippen molar-refractivity contribution < 1.29 is 27.4 Å². The molecule has 0 radical (unpaired) electrons. The summed E-state index contributed by atoms with van der Waals surface area (Å²) in [5.74, 6) is 0. The second-order valence-electron chi connectivity index (χ2n) is 4.46. The van der Waals surface area contributed by atoms with Crippen molar-refractivity contribution in [1.29, 1.82) is 0 Å². The highest BCUT2D eigenvalue weighted by molar-refractivity contribution is 5.84. The molecule has 1 aromatic carbocycles. The summed E-state index contributed by atoms with van der Waals surface area (Å²) in [6, 6.07) is 6.79. The van der Waals surface area contributed by atoms with Crippen LogP contribution in [0.5, 0.6) is 0 Å². The van der Waals surface area contributed by atoms with Gasteiger partial charge in [-0.25, -0.2) is 4.79 Å². The first kappa shape index (κ1) is 15.4. The van der Waals surface area contributed by atoms with E-state index in [2.05, 4.69) is 15.0 Å². The minimum absolute atomic E-state index is 0.374. The number of hydrogen-bond acceptors (Lipinski definition) is 4. The Morgan fingerprint density at radius 1 is 1.24 bits per heavy atom. The molecule has 0 spiro atoms. The number of hydrogen-bond donors (Lipinski definition) is 1. The summed E-state index contributed by atoms with van der Waals surface area (Å²) in [6.45, 7) is 1.26. The Hall–Kier alpha value is -1.96. The smallest absolute Gasteiger partial charge is 0.422 e. The molecule has 116 valence electrons. The third-order valence-corrected chi connectivity index (χ3v) is 2.86. The van der Waals surface area contributed by atoms with E-state index >= 15 is 0 Å².